The van der Waals surface area contributed by atoms with Crippen LogP contribution >= 0.6 is 0 Å². The molecule has 0 unspecified atom stereocenters. The number of carbonyl (C=O) groups excluding carboxylic acids is 1. The predicted octanol–water partition coefficient (Wildman–Crippen LogP) is 1.46. The molecule has 1 aromatic heterocycles. The molecule has 9 nitrogen and oxygen atoms in total. The molecular weight excluding hydrogens is 408 g/mol. The van der Waals surface area contributed by atoms with Crippen molar-refractivity contribution in [3.8, 4) is 5.75 Å². The topological polar surface area (TPSA) is 105 Å². The van der Waals surface area contributed by atoms with E-state index in [2.05, 4.69) is 10.2 Å². The largest absolute Gasteiger partial charge is 0.497 e. The zero-order valence-corrected chi connectivity index (χ0v) is 17.7. The molecule has 4 rings (SSSR count). The summed E-state index contributed by atoms with van der Waals surface area (Å²) in [5.74, 6) is 0.403. The Kier molecular flexibility index (Phi) is 6.07. The van der Waals surface area contributed by atoms with E-state index in [9.17, 15) is 13.2 Å². The molecule has 0 spiro atoms. The average Bonchev–Trinajstić information content (AvgIpc) is 3.29. The summed E-state index contributed by atoms with van der Waals surface area (Å²) in [5.41, 5.74) is 1.23. The number of aromatic amines is 1. The second kappa shape index (κ2) is 8.75. The Morgan fingerprint density at radius 1 is 1.20 bits per heavy atom. The molecule has 10 heteroatoms. The van der Waals surface area contributed by atoms with Crippen LogP contribution in [0.2, 0.25) is 0 Å². The van der Waals surface area contributed by atoms with E-state index in [0.29, 0.717) is 62.8 Å². The van der Waals surface area contributed by atoms with E-state index in [1.165, 1.54) is 4.31 Å². The number of rotatable bonds is 5. The smallest absolute Gasteiger partial charge is 0.257 e. The molecule has 0 radical (unpaired) electrons. The van der Waals surface area contributed by atoms with Crippen molar-refractivity contribution >= 4 is 15.9 Å². The van der Waals surface area contributed by atoms with Gasteiger partial charge in [0.25, 0.3) is 5.91 Å². The number of nitrogens with zero attached hydrogens (tertiary/aromatic N) is 3. The number of morpholine rings is 1. The van der Waals surface area contributed by atoms with E-state index in [-0.39, 0.29) is 16.7 Å². The van der Waals surface area contributed by atoms with Crippen molar-refractivity contribution in [1.82, 2.24) is 19.4 Å². The van der Waals surface area contributed by atoms with Crippen LogP contribution in [0.5, 0.6) is 5.75 Å². The molecule has 3 heterocycles. The predicted molar refractivity (Wildman–Crippen MR) is 109 cm³/mol. The standard InChI is InChI=1S/C20H26N4O5S/c1-28-16-4-6-17(7-5-16)30(26,27)24-8-2-3-15(14-24)19-18(13-21-22-19)20(25)23-9-11-29-12-10-23/h4-7,13,15H,2-3,8-12,14H2,1H3,(H,21,22)/t15-/m0/s1. The van der Waals surface area contributed by atoms with Crippen molar-refractivity contribution in [3.05, 3.63) is 41.7 Å². The first-order valence-electron chi connectivity index (χ1n) is 10.0. The first kappa shape index (κ1) is 20.8. The Morgan fingerprint density at radius 3 is 2.63 bits per heavy atom. The summed E-state index contributed by atoms with van der Waals surface area (Å²) in [6.45, 7) is 2.90. The maximum atomic E-state index is 13.1. The summed E-state index contributed by atoms with van der Waals surface area (Å²) >= 11 is 0. The lowest BCUT2D eigenvalue weighted by Gasteiger charge is -2.32. The van der Waals surface area contributed by atoms with Gasteiger partial charge in [0.2, 0.25) is 10.0 Å². The molecule has 1 N–H and O–H groups in total. The van der Waals surface area contributed by atoms with Gasteiger partial charge in [-0.25, -0.2) is 8.42 Å². The monoisotopic (exact) mass is 434 g/mol. The molecule has 1 amide bonds. The fourth-order valence-corrected chi connectivity index (χ4v) is 5.53. The molecule has 1 atom stereocenters. The summed E-state index contributed by atoms with van der Waals surface area (Å²) in [6.07, 6.45) is 3.05. The van der Waals surface area contributed by atoms with Crippen LogP contribution < -0.4 is 4.74 Å². The molecule has 0 saturated carbocycles. The first-order chi connectivity index (χ1) is 14.5. The van der Waals surface area contributed by atoms with Crippen molar-refractivity contribution in [3.63, 3.8) is 0 Å². The molecule has 2 aromatic rings. The Bertz CT molecular complexity index is 983. The molecule has 2 saturated heterocycles. The van der Waals surface area contributed by atoms with Crippen LogP contribution in [0.25, 0.3) is 0 Å². The van der Waals surface area contributed by atoms with E-state index >= 15 is 0 Å². The summed E-state index contributed by atoms with van der Waals surface area (Å²) in [7, 11) is -2.09. The Balaban J connectivity index is 1.53. The molecule has 162 valence electrons. The lowest BCUT2D eigenvalue weighted by atomic mass is 9.93. The lowest BCUT2D eigenvalue weighted by Crippen LogP contribution is -2.42. The fraction of sp³-hybridized carbons (Fsp3) is 0.500. The quantitative estimate of drug-likeness (QED) is 0.764. The molecule has 2 aliphatic heterocycles. The van der Waals surface area contributed by atoms with Gasteiger partial charge in [0.1, 0.15) is 5.75 Å². The summed E-state index contributed by atoms with van der Waals surface area (Å²) < 4.78 is 38.2. The zero-order valence-electron chi connectivity index (χ0n) is 16.9. The number of methoxy groups -OCH3 is 1. The SMILES string of the molecule is COc1ccc(S(=O)(=O)N2CCC[C@H](c3[nH]ncc3C(=O)N3CCOCC3)C2)cc1. The van der Waals surface area contributed by atoms with Crippen LogP contribution in [0.4, 0.5) is 0 Å². The van der Waals surface area contributed by atoms with Crippen molar-refractivity contribution in [2.75, 3.05) is 46.5 Å². The highest BCUT2D eigenvalue weighted by atomic mass is 32.2. The summed E-state index contributed by atoms with van der Waals surface area (Å²) in [6, 6.07) is 6.40. The maximum Gasteiger partial charge on any atom is 0.257 e. The van der Waals surface area contributed by atoms with Gasteiger partial charge in [-0.3, -0.25) is 9.89 Å². The third kappa shape index (κ3) is 4.07. The molecule has 0 aliphatic carbocycles. The van der Waals surface area contributed by atoms with Crippen LogP contribution in [0.15, 0.2) is 35.4 Å². The van der Waals surface area contributed by atoms with Gasteiger partial charge < -0.3 is 14.4 Å². The highest BCUT2D eigenvalue weighted by Crippen LogP contribution is 2.31. The van der Waals surface area contributed by atoms with E-state index in [1.807, 2.05) is 0 Å². The summed E-state index contributed by atoms with van der Waals surface area (Å²) in [4.78, 5) is 14.9. The van der Waals surface area contributed by atoms with Gasteiger partial charge in [-0.05, 0) is 37.1 Å². The highest BCUT2D eigenvalue weighted by Gasteiger charge is 2.34. The van der Waals surface area contributed by atoms with Gasteiger partial charge in [0.15, 0.2) is 0 Å². The number of H-pyrrole nitrogens is 1. The number of sulfonamides is 1. The number of amides is 1. The molecule has 2 aliphatic rings. The van der Waals surface area contributed by atoms with Crippen LogP contribution in [-0.2, 0) is 14.8 Å². The number of hydrogen-bond donors (Lipinski definition) is 1. The number of benzene rings is 1. The van der Waals surface area contributed by atoms with E-state index < -0.39 is 10.0 Å². The van der Waals surface area contributed by atoms with Crippen LogP contribution in [0.1, 0.15) is 34.8 Å². The minimum atomic E-state index is -3.63. The van der Waals surface area contributed by atoms with E-state index in [0.717, 1.165) is 6.42 Å². The Morgan fingerprint density at radius 2 is 1.93 bits per heavy atom. The van der Waals surface area contributed by atoms with Crippen LogP contribution in [0.3, 0.4) is 0 Å². The third-order valence-corrected chi connectivity index (χ3v) is 7.57. The molecular formula is C20H26N4O5S. The Hall–Kier alpha value is -2.43. The van der Waals surface area contributed by atoms with Gasteiger partial charge in [-0.1, -0.05) is 0 Å². The molecule has 1 aromatic carbocycles. The van der Waals surface area contributed by atoms with Crippen molar-refractivity contribution in [2.24, 2.45) is 0 Å². The van der Waals surface area contributed by atoms with Gasteiger partial charge in [0.05, 0.1) is 42.7 Å². The number of piperidine rings is 1. The van der Waals surface area contributed by atoms with Gasteiger partial charge in [-0.15, -0.1) is 0 Å². The third-order valence-electron chi connectivity index (χ3n) is 5.69. The fourth-order valence-electron chi connectivity index (χ4n) is 4.01. The van der Waals surface area contributed by atoms with Crippen molar-refractivity contribution in [2.45, 2.75) is 23.7 Å². The number of carbonyl (C=O) groups is 1. The highest BCUT2D eigenvalue weighted by molar-refractivity contribution is 7.89. The minimum Gasteiger partial charge on any atom is -0.497 e. The second-order valence-electron chi connectivity index (χ2n) is 7.48. The number of hydrogen-bond acceptors (Lipinski definition) is 6. The lowest BCUT2D eigenvalue weighted by molar-refractivity contribution is 0.0301. The first-order valence-corrected chi connectivity index (χ1v) is 11.5. The van der Waals surface area contributed by atoms with Gasteiger partial charge in [0, 0.05) is 32.1 Å². The molecule has 30 heavy (non-hydrogen) atoms. The number of nitrogens with one attached hydrogen (secondary N) is 1. The van der Waals surface area contributed by atoms with Gasteiger partial charge >= 0.3 is 0 Å². The summed E-state index contributed by atoms with van der Waals surface area (Å²) in [5, 5.41) is 7.05. The van der Waals surface area contributed by atoms with E-state index in [1.54, 1.807) is 42.5 Å². The zero-order chi connectivity index (χ0) is 21.1. The number of aromatic nitrogens is 2. The van der Waals surface area contributed by atoms with Gasteiger partial charge in [-0.2, -0.15) is 9.40 Å². The van der Waals surface area contributed by atoms with Crippen molar-refractivity contribution in [1.29, 1.82) is 0 Å². The molecule has 0 bridgehead atoms. The van der Waals surface area contributed by atoms with Crippen LogP contribution in [0, 0.1) is 0 Å². The van der Waals surface area contributed by atoms with Crippen molar-refractivity contribution < 1.29 is 22.7 Å². The molecule has 2 fully saturated rings. The number of ether oxygens (including phenoxy) is 2. The minimum absolute atomic E-state index is 0.0859. The van der Waals surface area contributed by atoms with Crippen LogP contribution in [-0.4, -0.2) is 80.2 Å². The van der Waals surface area contributed by atoms with E-state index in [4.69, 9.17) is 9.47 Å². The normalized spacial score (nSPS) is 20.8. The Labute approximate surface area is 176 Å². The maximum absolute atomic E-state index is 13.1. The average molecular weight is 435 g/mol. The second-order valence-corrected chi connectivity index (χ2v) is 9.42.